The number of aromatic nitrogens is 1. The predicted octanol–water partition coefficient (Wildman–Crippen LogP) is 3.41. The van der Waals surface area contributed by atoms with E-state index in [9.17, 15) is 0 Å². The Bertz CT molecular complexity index is 450. The van der Waals surface area contributed by atoms with Gasteiger partial charge >= 0.3 is 0 Å². The van der Waals surface area contributed by atoms with Gasteiger partial charge in [0, 0.05) is 16.7 Å². The van der Waals surface area contributed by atoms with Gasteiger partial charge in [-0.05, 0) is 19.1 Å². The number of hydrogen-bond acceptors (Lipinski definition) is 4. The first-order chi connectivity index (χ1) is 7.15. The maximum atomic E-state index is 6.06. The van der Waals surface area contributed by atoms with Crippen molar-refractivity contribution in [2.45, 2.75) is 19.4 Å². The maximum absolute atomic E-state index is 6.06. The van der Waals surface area contributed by atoms with Crippen LogP contribution < -0.4 is 5.73 Å². The third-order valence-electron chi connectivity index (χ3n) is 2.07. The SMILES string of the molecule is Cc1nc(C(N)Cc2ccc(Cl)s2)cs1. The van der Waals surface area contributed by atoms with Crippen molar-refractivity contribution >= 4 is 34.3 Å². The molecule has 0 aliphatic heterocycles. The number of nitrogens with two attached hydrogens (primary N) is 1. The summed E-state index contributed by atoms with van der Waals surface area (Å²) in [4.78, 5) is 5.59. The minimum atomic E-state index is -0.0235. The minimum Gasteiger partial charge on any atom is -0.322 e. The van der Waals surface area contributed by atoms with Crippen molar-refractivity contribution in [1.82, 2.24) is 4.98 Å². The monoisotopic (exact) mass is 258 g/mol. The van der Waals surface area contributed by atoms with E-state index >= 15 is 0 Å². The van der Waals surface area contributed by atoms with Gasteiger partial charge in [-0.15, -0.1) is 22.7 Å². The molecular weight excluding hydrogens is 248 g/mol. The first-order valence-electron chi connectivity index (χ1n) is 4.57. The van der Waals surface area contributed by atoms with Crippen LogP contribution in [0.5, 0.6) is 0 Å². The van der Waals surface area contributed by atoms with Crippen LogP contribution in [0.4, 0.5) is 0 Å². The number of thiophene rings is 1. The van der Waals surface area contributed by atoms with Crippen LogP contribution in [-0.4, -0.2) is 4.98 Å². The summed E-state index contributed by atoms with van der Waals surface area (Å²) in [6.45, 7) is 1.99. The lowest BCUT2D eigenvalue weighted by Gasteiger charge is -2.06. The van der Waals surface area contributed by atoms with E-state index < -0.39 is 0 Å². The molecular formula is C10H11ClN2S2. The van der Waals surface area contributed by atoms with Crippen LogP contribution in [0.2, 0.25) is 4.34 Å². The van der Waals surface area contributed by atoms with Gasteiger partial charge in [-0.1, -0.05) is 11.6 Å². The van der Waals surface area contributed by atoms with E-state index in [4.69, 9.17) is 17.3 Å². The van der Waals surface area contributed by atoms with Crippen molar-refractivity contribution in [3.8, 4) is 0 Å². The first kappa shape index (κ1) is 11.1. The number of rotatable bonds is 3. The summed E-state index contributed by atoms with van der Waals surface area (Å²) < 4.78 is 0.812. The Morgan fingerprint density at radius 1 is 1.53 bits per heavy atom. The van der Waals surface area contributed by atoms with Crippen molar-refractivity contribution < 1.29 is 0 Å². The lowest BCUT2D eigenvalue weighted by Crippen LogP contribution is -2.13. The molecule has 2 rings (SSSR count). The molecule has 80 valence electrons. The van der Waals surface area contributed by atoms with Gasteiger partial charge in [-0.3, -0.25) is 0 Å². The standard InChI is InChI=1S/C10H11ClN2S2/c1-6-13-9(5-14-6)8(12)4-7-2-3-10(11)15-7/h2-3,5,8H,4,12H2,1H3. The van der Waals surface area contributed by atoms with Gasteiger partial charge < -0.3 is 5.73 Å². The summed E-state index contributed by atoms with van der Waals surface area (Å²) >= 11 is 9.07. The number of aryl methyl sites for hydroxylation is 1. The second-order valence-corrected chi connectivity index (χ2v) is 6.17. The third kappa shape index (κ3) is 2.78. The summed E-state index contributed by atoms with van der Waals surface area (Å²) in [5.41, 5.74) is 7.03. The summed E-state index contributed by atoms with van der Waals surface area (Å²) in [7, 11) is 0. The Morgan fingerprint density at radius 2 is 2.33 bits per heavy atom. The molecule has 2 heterocycles. The molecule has 2 aromatic heterocycles. The quantitative estimate of drug-likeness (QED) is 0.916. The molecule has 0 saturated heterocycles. The number of hydrogen-bond donors (Lipinski definition) is 1. The lowest BCUT2D eigenvalue weighted by molar-refractivity contribution is 0.707. The summed E-state index contributed by atoms with van der Waals surface area (Å²) in [5, 5.41) is 3.08. The molecule has 2 N–H and O–H groups in total. The molecule has 0 spiro atoms. The summed E-state index contributed by atoms with van der Waals surface area (Å²) in [6.07, 6.45) is 0.806. The van der Waals surface area contributed by atoms with Crippen LogP contribution in [0.15, 0.2) is 17.5 Å². The second-order valence-electron chi connectivity index (χ2n) is 3.31. The Hall–Kier alpha value is -0.420. The fourth-order valence-corrected chi connectivity index (χ4v) is 3.16. The molecule has 0 fully saturated rings. The van der Waals surface area contributed by atoms with Crippen molar-refractivity contribution in [2.24, 2.45) is 5.73 Å². The Balaban J connectivity index is 2.06. The zero-order chi connectivity index (χ0) is 10.8. The molecule has 0 amide bonds. The second kappa shape index (κ2) is 4.61. The van der Waals surface area contributed by atoms with E-state index in [1.54, 1.807) is 22.7 Å². The topological polar surface area (TPSA) is 38.9 Å². The van der Waals surface area contributed by atoms with Crippen molar-refractivity contribution in [3.05, 3.63) is 37.4 Å². The van der Waals surface area contributed by atoms with E-state index in [1.807, 2.05) is 24.4 Å². The molecule has 2 aromatic rings. The smallest absolute Gasteiger partial charge is 0.0931 e. The fourth-order valence-electron chi connectivity index (χ4n) is 1.33. The van der Waals surface area contributed by atoms with Crippen molar-refractivity contribution in [1.29, 1.82) is 0 Å². The van der Waals surface area contributed by atoms with Gasteiger partial charge in [0.25, 0.3) is 0 Å². The minimum absolute atomic E-state index is 0.0235. The Kier molecular flexibility index (Phi) is 3.41. The van der Waals surface area contributed by atoms with Gasteiger partial charge in [0.15, 0.2) is 0 Å². The molecule has 0 aromatic carbocycles. The van der Waals surface area contributed by atoms with Gasteiger partial charge in [0.2, 0.25) is 0 Å². The van der Waals surface area contributed by atoms with Gasteiger partial charge in [0.1, 0.15) is 0 Å². The van der Waals surface area contributed by atoms with E-state index in [0.29, 0.717) is 0 Å². The highest BCUT2D eigenvalue weighted by molar-refractivity contribution is 7.16. The zero-order valence-corrected chi connectivity index (χ0v) is 10.6. The van der Waals surface area contributed by atoms with E-state index in [1.165, 1.54) is 4.88 Å². The molecule has 0 aliphatic rings. The molecule has 1 atom stereocenters. The van der Waals surface area contributed by atoms with Crippen LogP contribution in [-0.2, 0) is 6.42 Å². The van der Waals surface area contributed by atoms with Gasteiger partial charge in [0.05, 0.1) is 21.1 Å². The van der Waals surface area contributed by atoms with Crippen LogP contribution >= 0.6 is 34.3 Å². The van der Waals surface area contributed by atoms with Crippen LogP contribution in [0.3, 0.4) is 0 Å². The van der Waals surface area contributed by atoms with E-state index in [0.717, 1.165) is 21.5 Å². The molecule has 5 heteroatoms. The molecule has 0 saturated carbocycles. The predicted molar refractivity (Wildman–Crippen MR) is 66.8 cm³/mol. The molecule has 0 aliphatic carbocycles. The van der Waals surface area contributed by atoms with Crippen LogP contribution in [0, 0.1) is 6.92 Å². The third-order valence-corrected chi connectivity index (χ3v) is 4.11. The maximum Gasteiger partial charge on any atom is 0.0931 e. The fraction of sp³-hybridized carbons (Fsp3) is 0.300. The molecule has 0 radical (unpaired) electrons. The number of nitrogens with zero attached hydrogens (tertiary/aromatic N) is 1. The average Bonchev–Trinajstić information content (AvgIpc) is 2.75. The molecule has 1 unspecified atom stereocenters. The van der Waals surface area contributed by atoms with Gasteiger partial charge in [-0.25, -0.2) is 4.98 Å². The Labute approximate surface area is 102 Å². The highest BCUT2D eigenvalue weighted by Crippen LogP contribution is 2.25. The van der Waals surface area contributed by atoms with Crippen molar-refractivity contribution in [2.75, 3.05) is 0 Å². The van der Waals surface area contributed by atoms with Gasteiger partial charge in [-0.2, -0.15) is 0 Å². The first-order valence-corrected chi connectivity index (χ1v) is 6.64. The highest BCUT2D eigenvalue weighted by atomic mass is 35.5. The van der Waals surface area contributed by atoms with Crippen LogP contribution in [0.1, 0.15) is 21.6 Å². The zero-order valence-electron chi connectivity index (χ0n) is 8.24. The average molecular weight is 259 g/mol. The van der Waals surface area contributed by atoms with E-state index in [2.05, 4.69) is 4.98 Å². The Morgan fingerprint density at radius 3 is 2.87 bits per heavy atom. The number of thiazole rings is 1. The van der Waals surface area contributed by atoms with E-state index in [-0.39, 0.29) is 6.04 Å². The normalized spacial score (nSPS) is 13.0. The summed E-state index contributed by atoms with van der Waals surface area (Å²) in [6, 6.07) is 3.90. The number of halogens is 1. The molecule has 0 bridgehead atoms. The highest BCUT2D eigenvalue weighted by Gasteiger charge is 2.11. The molecule has 2 nitrogen and oxygen atoms in total. The van der Waals surface area contributed by atoms with Crippen LogP contribution in [0.25, 0.3) is 0 Å². The lowest BCUT2D eigenvalue weighted by atomic mass is 10.1. The summed E-state index contributed by atoms with van der Waals surface area (Å²) in [5.74, 6) is 0. The van der Waals surface area contributed by atoms with Crippen molar-refractivity contribution in [3.63, 3.8) is 0 Å². The largest absolute Gasteiger partial charge is 0.322 e. The molecule has 15 heavy (non-hydrogen) atoms.